The van der Waals surface area contributed by atoms with Crippen LogP contribution in [0.25, 0.3) is 0 Å². The number of aromatic amines is 1. The number of carbonyl (C=O) groups is 3. The van der Waals surface area contributed by atoms with Crippen LogP contribution in [0.1, 0.15) is 78.3 Å². The molecule has 1 fully saturated rings. The average molecular weight is 669 g/mol. The summed E-state index contributed by atoms with van der Waals surface area (Å²) in [5, 5.41) is 8.94. The van der Waals surface area contributed by atoms with E-state index in [2.05, 4.69) is 15.5 Å². The van der Waals surface area contributed by atoms with E-state index >= 15 is 0 Å². The molecule has 10 nitrogen and oxygen atoms in total. The molecule has 0 aliphatic carbocycles. The molecule has 1 aliphatic rings. The van der Waals surface area contributed by atoms with Crippen molar-refractivity contribution in [3.05, 3.63) is 123 Å². The van der Waals surface area contributed by atoms with Gasteiger partial charge in [-0.25, -0.2) is 9.49 Å². The first-order valence-corrected chi connectivity index (χ1v) is 16.5. The number of nitrogens with one attached hydrogen (secondary N) is 2. The molecular formula is C38H41FN4O6. The summed E-state index contributed by atoms with van der Waals surface area (Å²) in [6.45, 7) is 7.05. The summed E-state index contributed by atoms with van der Waals surface area (Å²) in [5.41, 5.74) is 1.44. The zero-order chi connectivity index (χ0) is 35.1. The average Bonchev–Trinajstić information content (AvgIpc) is 3.55. The van der Waals surface area contributed by atoms with Crippen molar-refractivity contribution in [2.75, 3.05) is 6.54 Å². The first kappa shape index (κ1) is 35.0. The summed E-state index contributed by atoms with van der Waals surface area (Å²) in [6, 6.07) is 20.7. The van der Waals surface area contributed by atoms with Crippen LogP contribution in [0.2, 0.25) is 0 Å². The van der Waals surface area contributed by atoms with Crippen molar-refractivity contribution < 1.29 is 28.2 Å². The lowest BCUT2D eigenvalue weighted by atomic mass is 9.74. The lowest BCUT2D eigenvalue weighted by Gasteiger charge is -2.42. The number of carbonyl (C=O) groups excluding carboxylic acids is 3. The van der Waals surface area contributed by atoms with E-state index in [9.17, 15) is 23.6 Å². The van der Waals surface area contributed by atoms with Gasteiger partial charge < -0.3 is 19.7 Å². The molecule has 2 atom stereocenters. The molecule has 2 amide bonds. The third-order valence-electron chi connectivity index (χ3n) is 9.38. The fourth-order valence-corrected chi connectivity index (χ4v) is 6.69. The molecular weight excluding hydrogens is 627 g/mol. The van der Waals surface area contributed by atoms with Crippen molar-refractivity contribution in [2.24, 2.45) is 5.41 Å². The Bertz CT molecular complexity index is 1870. The SMILES string of the molecule is CCC(CC)(C(=O)OCc1ccccc1)[C@H]1CC[C@@H](c2cccc(F)c2)N1C(=O)CNC(=O)c1ccc(Oc2cc(C)n[nH]c2=O)c(C)c1. The van der Waals surface area contributed by atoms with E-state index in [4.69, 9.17) is 9.47 Å². The predicted molar refractivity (Wildman–Crippen MR) is 181 cm³/mol. The number of likely N-dealkylation sites (tertiary alicyclic amines) is 1. The van der Waals surface area contributed by atoms with Crippen molar-refractivity contribution >= 4 is 17.8 Å². The zero-order valence-electron chi connectivity index (χ0n) is 28.1. The summed E-state index contributed by atoms with van der Waals surface area (Å²) in [5.74, 6) is -1.24. The number of hydrogen-bond donors (Lipinski definition) is 2. The van der Waals surface area contributed by atoms with E-state index in [0.29, 0.717) is 48.3 Å². The molecule has 256 valence electrons. The Labute approximate surface area is 284 Å². The smallest absolute Gasteiger partial charge is 0.314 e. The summed E-state index contributed by atoms with van der Waals surface area (Å²) in [4.78, 5) is 55.1. The predicted octanol–water partition coefficient (Wildman–Crippen LogP) is 6.33. The molecule has 49 heavy (non-hydrogen) atoms. The normalized spacial score (nSPS) is 15.9. The summed E-state index contributed by atoms with van der Waals surface area (Å²) in [6.07, 6.45) is 1.87. The quantitative estimate of drug-likeness (QED) is 0.169. The fourth-order valence-electron chi connectivity index (χ4n) is 6.69. The second-order valence-electron chi connectivity index (χ2n) is 12.4. The van der Waals surface area contributed by atoms with Crippen LogP contribution in [-0.4, -0.2) is 45.5 Å². The Kier molecular flexibility index (Phi) is 10.9. The highest BCUT2D eigenvalue weighted by Crippen LogP contribution is 2.47. The van der Waals surface area contributed by atoms with E-state index < -0.39 is 46.7 Å². The summed E-state index contributed by atoms with van der Waals surface area (Å²) >= 11 is 0. The monoisotopic (exact) mass is 668 g/mol. The number of aromatic nitrogens is 2. The minimum atomic E-state index is -1.02. The first-order chi connectivity index (χ1) is 23.6. The summed E-state index contributed by atoms with van der Waals surface area (Å²) in [7, 11) is 0. The number of benzene rings is 3. The van der Waals surface area contributed by atoms with Crippen LogP contribution in [0.5, 0.6) is 11.5 Å². The van der Waals surface area contributed by atoms with E-state index in [-0.39, 0.29) is 24.5 Å². The Balaban J connectivity index is 1.36. The van der Waals surface area contributed by atoms with E-state index in [0.717, 1.165) is 5.56 Å². The van der Waals surface area contributed by atoms with Gasteiger partial charge in [0.2, 0.25) is 5.91 Å². The number of nitrogens with zero attached hydrogens (tertiary/aromatic N) is 2. The molecule has 4 aromatic rings. The van der Waals surface area contributed by atoms with Crippen molar-refractivity contribution in [2.45, 2.75) is 72.1 Å². The molecule has 0 radical (unpaired) electrons. The molecule has 0 bridgehead atoms. The second kappa shape index (κ2) is 15.3. The molecule has 2 N–H and O–H groups in total. The van der Waals surface area contributed by atoms with Gasteiger partial charge in [-0.05, 0) is 86.6 Å². The maximum atomic E-state index is 14.4. The maximum absolute atomic E-state index is 14.4. The third-order valence-corrected chi connectivity index (χ3v) is 9.38. The van der Waals surface area contributed by atoms with Crippen LogP contribution < -0.4 is 15.6 Å². The molecule has 1 saturated heterocycles. The Morgan fingerprint density at radius 2 is 1.71 bits per heavy atom. The fraction of sp³-hybridized carbons (Fsp3) is 0.342. The first-order valence-electron chi connectivity index (χ1n) is 16.5. The van der Waals surface area contributed by atoms with Crippen LogP contribution in [0.3, 0.4) is 0 Å². The largest absolute Gasteiger partial charge is 0.460 e. The van der Waals surface area contributed by atoms with Gasteiger partial charge in [0.05, 0.1) is 23.7 Å². The standard InChI is InChI=1S/C38H41FN4O6/c1-5-38(6-2,37(47)48-23-26-11-8-7-9-12-26)33-18-16-30(27-13-10-14-29(39)21-27)43(33)34(44)22-40-35(45)28-15-17-31(24(3)19-28)49-32-20-25(4)41-42-36(32)46/h7-15,17,19-21,30,33H,5-6,16,18,22-23H2,1-4H3,(H,40,45)(H,42,46)/t30-,33+/m0/s1. The minimum Gasteiger partial charge on any atom is -0.460 e. The topological polar surface area (TPSA) is 131 Å². The number of aryl methyl sites for hydroxylation is 2. The van der Waals surface area contributed by atoms with Crippen molar-refractivity contribution in [3.8, 4) is 11.5 Å². The van der Waals surface area contributed by atoms with Gasteiger partial charge in [-0.3, -0.25) is 19.2 Å². The van der Waals surface area contributed by atoms with Gasteiger partial charge in [0.25, 0.3) is 5.91 Å². The van der Waals surface area contributed by atoms with Gasteiger partial charge in [0.1, 0.15) is 18.2 Å². The third kappa shape index (κ3) is 7.72. The van der Waals surface area contributed by atoms with Gasteiger partial charge in [0, 0.05) is 17.7 Å². The van der Waals surface area contributed by atoms with E-state index in [1.807, 2.05) is 44.2 Å². The van der Waals surface area contributed by atoms with Crippen molar-refractivity contribution in [1.82, 2.24) is 20.4 Å². The number of amides is 2. The van der Waals surface area contributed by atoms with Crippen molar-refractivity contribution in [3.63, 3.8) is 0 Å². The highest BCUT2D eigenvalue weighted by atomic mass is 19.1. The van der Waals surface area contributed by atoms with Crippen LogP contribution >= 0.6 is 0 Å². The van der Waals surface area contributed by atoms with Gasteiger partial charge in [0.15, 0.2) is 5.75 Å². The van der Waals surface area contributed by atoms with Crippen LogP contribution in [-0.2, 0) is 20.9 Å². The molecule has 1 aliphatic heterocycles. The van der Waals surface area contributed by atoms with Gasteiger partial charge >= 0.3 is 11.5 Å². The Hall–Kier alpha value is -5.32. The molecule has 3 aromatic carbocycles. The molecule has 0 spiro atoms. The van der Waals surface area contributed by atoms with Gasteiger partial charge in [-0.2, -0.15) is 5.10 Å². The molecule has 0 unspecified atom stereocenters. The highest BCUT2D eigenvalue weighted by molar-refractivity contribution is 5.97. The minimum absolute atomic E-state index is 0.0746. The number of ether oxygens (including phenoxy) is 2. The number of rotatable bonds is 12. The number of esters is 1. The number of hydrogen-bond acceptors (Lipinski definition) is 7. The van der Waals surface area contributed by atoms with E-state index in [1.54, 1.807) is 49.1 Å². The van der Waals surface area contributed by atoms with E-state index in [1.165, 1.54) is 18.2 Å². The van der Waals surface area contributed by atoms with Crippen molar-refractivity contribution in [1.29, 1.82) is 0 Å². The van der Waals surface area contributed by atoms with Gasteiger partial charge in [-0.15, -0.1) is 0 Å². The zero-order valence-corrected chi connectivity index (χ0v) is 28.1. The van der Waals surface area contributed by atoms with Crippen LogP contribution in [0.4, 0.5) is 4.39 Å². The number of H-pyrrole nitrogens is 1. The lowest BCUT2D eigenvalue weighted by molar-refractivity contribution is -0.164. The molecule has 1 aromatic heterocycles. The second-order valence-corrected chi connectivity index (χ2v) is 12.4. The summed E-state index contributed by atoms with van der Waals surface area (Å²) < 4.78 is 26.0. The number of halogens is 1. The molecule has 0 saturated carbocycles. The van der Waals surface area contributed by atoms with Crippen LogP contribution in [0, 0.1) is 25.1 Å². The molecule has 5 rings (SSSR count). The molecule has 11 heteroatoms. The Morgan fingerprint density at radius 3 is 2.41 bits per heavy atom. The molecule has 2 heterocycles. The highest BCUT2D eigenvalue weighted by Gasteiger charge is 2.52. The van der Waals surface area contributed by atoms with Crippen LogP contribution in [0.15, 0.2) is 83.7 Å². The maximum Gasteiger partial charge on any atom is 0.314 e. The Morgan fingerprint density at radius 1 is 0.959 bits per heavy atom. The van der Waals surface area contributed by atoms with Gasteiger partial charge in [-0.1, -0.05) is 56.3 Å². The lowest BCUT2D eigenvalue weighted by Crippen LogP contribution is -2.53.